The van der Waals surface area contributed by atoms with Gasteiger partial charge in [0.05, 0.1) is 0 Å². The normalized spacial score (nSPS) is 10.5. The van der Waals surface area contributed by atoms with Crippen molar-refractivity contribution in [2.24, 2.45) is 0 Å². The molecular formula is C25H24S. The maximum Gasteiger partial charge on any atom is 0.0232 e. The van der Waals surface area contributed by atoms with Crippen LogP contribution < -0.4 is 0 Å². The Morgan fingerprint density at radius 1 is 0.654 bits per heavy atom. The topological polar surface area (TPSA) is 0 Å². The van der Waals surface area contributed by atoms with Crippen LogP contribution in [0.1, 0.15) is 27.8 Å². The molecule has 0 atom stereocenters. The van der Waals surface area contributed by atoms with Crippen LogP contribution in [0.3, 0.4) is 0 Å². The molecule has 1 heteroatoms. The maximum absolute atomic E-state index is 3.81. The lowest BCUT2D eigenvalue weighted by molar-refractivity contribution is 0.955. The van der Waals surface area contributed by atoms with Gasteiger partial charge < -0.3 is 0 Å². The van der Waals surface area contributed by atoms with E-state index in [1.165, 1.54) is 32.7 Å². The molecule has 0 aliphatic heterocycles. The lowest BCUT2D eigenvalue weighted by Crippen LogP contribution is -1.92. The average Bonchev–Trinajstić information content (AvgIpc) is 2.72. The third kappa shape index (κ3) is 5.24. The molecule has 0 heterocycles. The fourth-order valence-electron chi connectivity index (χ4n) is 2.82. The summed E-state index contributed by atoms with van der Waals surface area (Å²) in [4.78, 5) is 1.33. The van der Waals surface area contributed by atoms with Gasteiger partial charge >= 0.3 is 0 Å². The van der Waals surface area contributed by atoms with E-state index < -0.39 is 0 Å². The molecule has 3 aromatic carbocycles. The molecule has 3 aromatic rings. The minimum Gasteiger partial charge on any atom is -0.121 e. The average molecular weight is 357 g/mol. The van der Waals surface area contributed by atoms with Crippen LogP contribution in [-0.2, 0) is 18.6 Å². The van der Waals surface area contributed by atoms with Crippen LogP contribution in [0.4, 0.5) is 0 Å². The molecule has 0 aliphatic carbocycles. The van der Waals surface area contributed by atoms with Crippen molar-refractivity contribution in [1.82, 2.24) is 0 Å². The molecule has 0 N–H and O–H groups in total. The number of hydrogen-bond donors (Lipinski definition) is 0. The predicted molar refractivity (Wildman–Crippen MR) is 116 cm³/mol. The van der Waals surface area contributed by atoms with Gasteiger partial charge in [-0.3, -0.25) is 0 Å². The van der Waals surface area contributed by atoms with Gasteiger partial charge in [0.25, 0.3) is 0 Å². The smallest absolute Gasteiger partial charge is 0.0232 e. The van der Waals surface area contributed by atoms with Gasteiger partial charge in [-0.1, -0.05) is 86.0 Å². The zero-order valence-electron chi connectivity index (χ0n) is 15.0. The van der Waals surface area contributed by atoms with E-state index in [0.29, 0.717) is 0 Å². The Balaban J connectivity index is 1.56. The van der Waals surface area contributed by atoms with E-state index in [9.17, 15) is 0 Å². The number of hydrogen-bond acceptors (Lipinski definition) is 1. The monoisotopic (exact) mass is 356 g/mol. The summed E-state index contributed by atoms with van der Waals surface area (Å²) >= 11 is 1.89. The van der Waals surface area contributed by atoms with Crippen LogP contribution in [0.5, 0.6) is 0 Å². The van der Waals surface area contributed by atoms with Gasteiger partial charge in [-0.05, 0) is 52.8 Å². The molecule has 0 fully saturated rings. The van der Waals surface area contributed by atoms with Crippen LogP contribution in [0, 0.1) is 0 Å². The Labute approximate surface area is 161 Å². The highest BCUT2D eigenvalue weighted by atomic mass is 32.2. The number of thioether (sulfide) groups is 1. The van der Waals surface area contributed by atoms with Crippen LogP contribution in [0.25, 0.3) is 12.2 Å². The molecule has 0 aliphatic rings. The summed E-state index contributed by atoms with van der Waals surface area (Å²) in [5.41, 5.74) is 6.45. The van der Waals surface area contributed by atoms with E-state index in [0.717, 1.165) is 18.6 Å². The highest BCUT2D eigenvalue weighted by Crippen LogP contribution is 2.24. The molecule has 0 radical (unpaired) electrons. The number of aryl methyl sites for hydroxylation is 2. The van der Waals surface area contributed by atoms with Gasteiger partial charge in [0.15, 0.2) is 0 Å². The van der Waals surface area contributed by atoms with Crippen molar-refractivity contribution in [3.8, 4) is 0 Å². The maximum atomic E-state index is 3.81. The van der Waals surface area contributed by atoms with Crippen molar-refractivity contribution < 1.29 is 0 Å². The van der Waals surface area contributed by atoms with Gasteiger partial charge in [-0.15, -0.1) is 11.8 Å². The molecule has 0 unspecified atom stereocenters. The molecule has 0 nitrogen and oxygen atoms in total. The summed E-state index contributed by atoms with van der Waals surface area (Å²) in [5.74, 6) is 0.990. The highest BCUT2D eigenvalue weighted by molar-refractivity contribution is 7.98. The largest absolute Gasteiger partial charge is 0.121 e. The summed E-state index contributed by atoms with van der Waals surface area (Å²) in [6.45, 7) is 7.61. The molecule has 0 amide bonds. The van der Waals surface area contributed by atoms with Crippen molar-refractivity contribution >= 4 is 23.9 Å². The van der Waals surface area contributed by atoms with Crippen LogP contribution >= 0.6 is 11.8 Å². The molecule has 0 saturated heterocycles. The van der Waals surface area contributed by atoms with E-state index in [4.69, 9.17) is 0 Å². The highest BCUT2D eigenvalue weighted by Gasteiger charge is 2.01. The molecule has 26 heavy (non-hydrogen) atoms. The first-order valence-corrected chi connectivity index (χ1v) is 9.90. The second kappa shape index (κ2) is 9.26. The zero-order chi connectivity index (χ0) is 18.2. The van der Waals surface area contributed by atoms with Crippen LogP contribution in [0.2, 0.25) is 0 Å². The molecule has 0 saturated carbocycles. The third-order valence-corrected chi connectivity index (χ3v) is 5.50. The van der Waals surface area contributed by atoms with Crippen molar-refractivity contribution in [2.75, 3.05) is 0 Å². The summed E-state index contributed by atoms with van der Waals surface area (Å²) < 4.78 is 0. The molecular weight excluding hydrogens is 332 g/mol. The van der Waals surface area contributed by atoms with Gasteiger partial charge in [0.1, 0.15) is 0 Å². The van der Waals surface area contributed by atoms with Crippen LogP contribution in [-0.4, -0.2) is 0 Å². The van der Waals surface area contributed by atoms with E-state index in [1.54, 1.807) is 0 Å². The van der Waals surface area contributed by atoms with Crippen molar-refractivity contribution in [3.63, 3.8) is 0 Å². The fourth-order valence-corrected chi connectivity index (χ4v) is 3.75. The first kappa shape index (κ1) is 18.3. The van der Waals surface area contributed by atoms with Gasteiger partial charge in [0, 0.05) is 10.6 Å². The Morgan fingerprint density at radius 2 is 1.23 bits per heavy atom. The molecule has 3 rings (SSSR count). The minimum absolute atomic E-state index is 0.990. The van der Waals surface area contributed by atoms with Crippen molar-refractivity contribution in [1.29, 1.82) is 0 Å². The quantitative estimate of drug-likeness (QED) is 0.390. The Bertz CT molecular complexity index is 787. The van der Waals surface area contributed by atoms with E-state index in [2.05, 4.69) is 86.0 Å². The van der Waals surface area contributed by atoms with E-state index in [-0.39, 0.29) is 0 Å². The molecule has 0 bridgehead atoms. The first-order valence-electron chi connectivity index (χ1n) is 8.91. The van der Waals surface area contributed by atoms with E-state index in [1.807, 2.05) is 23.9 Å². The Hall–Kier alpha value is -2.51. The second-order valence-corrected chi connectivity index (χ2v) is 7.38. The fraction of sp³-hybridized carbons (Fsp3) is 0.120. The van der Waals surface area contributed by atoms with E-state index >= 15 is 0 Å². The standard InChI is InChI=1S/C25H24S/c1-3-20-8-12-22(13-9-20)14-15-23-6-5-7-25(18-23)26-19-24-16-10-21(4-2)11-17-24/h3-13,16-18H,1-2,14-15,19H2. The van der Waals surface area contributed by atoms with Crippen molar-refractivity contribution in [3.05, 3.63) is 114 Å². The summed E-state index contributed by atoms with van der Waals surface area (Å²) in [7, 11) is 0. The lowest BCUT2D eigenvalue weighted by atomic mass is 10.0. The third-order valence-electron chi connectivity index (χ3n) is 4.44. The van der Waals surface area contributed by atoms with Gasteiger partial charge in [-0.2, -0.15) is 0 Å². The van der Waals surface area contributed by atoms with Gasteiger partial charge in [0.2, 0.25) is 0 Å². The molecule has 130 valence electrons. The molecule has 0 spiro atoms. The zero-order valence-corrected chi connectivity index (χ0v) is 15.8. The SMILES string of the molecule is C=Cc1ccc(CCc2cccc(SCc3ccc(C=C)cc3)c2)cc1. The summed E-state index contributed by atoms with van der Waals surface area (Å²) in [5, 5.41) is 0. The second-order valence-electron chi connectivity index (χ2n) is 6.33. The minimum atomic E-state index is 0.990. The number of rotatable bonds is 8. The lowest BCUT2D eigenvalue weighted by Gasteiger charge is -2.07. The Kier molecular flexibility index (Phi) is 6.51. The Morgan fingerprint density at radius 3 is 1.85 bits per heavy atom. The van der Waals surface area contributed by atoms with Crippen molar-refractivity contribution in [2.45, 2.75) is 23.5 Å². The predicted octanol–water partition coefficient (Wildman–Crippen LogP) is 7.05. The van der Waals surface area contributed by atoms with Gasteiger partial charge in [-0.25, -0.2) is 0 Å². The first-order chi connectivity index (χ1) is 12.8. The summed E-state index contributed by atoms with van der Waals surface area (Å²) in [6.07, 6.45) is 5.89. The number of benzene rings is 3. The van der Waals surface area contributed by atoms with Crippen LogP contribution in [0.15, 0.2) is 90.8 Å². The summed E-state index contributed by atoms with van der Waals surface area (Å²) in [6, 6.07) is 26.2. The molecule has 0 aromatic heterocycles.